The minimum Gasteiger partial charge on any atom is -0.340 e. The minimum absolute atomic E-state index is 0.104. The van der Waals surface area contributed by atoms with Gasteiger partial charge in [0.2, 0.25) is 5.43 Å². The predicted molar refractivity (Wildman–Crippen MR) is 112 cm³/mol. The van der Waals surface area contributed by atoms with E-state index < -0.39 is 23.1 Å². The molecule has 0 N–H and O–H groups in total. The first kappa shape index (κ1) is 20.9. The predicted octanol–water partition coefficient (Wildman–Crippen LogP) is 4.85. The van der Waals surface area contributed by atoms with Crippen molar-refractivity contribution in [2.75, 3.05) is 0 Å². The summed E-state index contributed by atoms with van der Waals surface area (Å²) in [6.07, 6.45) is -2.37. The molecule has 0 aliphatic rings. The summed E-state index contributed by atoms with van der Waals surface area (Å²) in [6, 6.07) is 13.9. The Morgan fingerprint density at radius 1 is 1.03 bits per heavy atom. The molecular weight excluding hydrogens is 475 g/mol. The van der Waals surface area contributed by atoms with Gasteiger partial charge in [-0.1, -0.05) is 18.2 Å². The zero-order valence-electron chi connectivity index (χ0n) is 15.7. The van der Waals surface area contributed by atoms with E-state index in [1.54, 1.807) is 41.0 Å². The lowest BCUT2D eigenvalue weighted by molar-refractivity contribution is -0.141. The van der Waals surface area contributed by atoms with Gasteiger partial charge >= 0.3 is 6.18 Å². The summed E-state index contributed by atoms with van der Waals surface area (Å²) in [4.78, 5) is 33.6. The van der Waals surface area contributed by atoms with E-state index in [9.17, 15) is 22.8 Å². The van der Waals surface area contributed by atoms with Crippen LogP contribution in [0.3, 0.4) is 0 Å². The van der Waals surface area contributed by atoms with E-state index >= 15 is 0 Å². The molecule has 4 rings (SSSR count). The fraction of sp³-hybridized carbons (Fsp3) is 0.0909. The van der Waals surface area contributed by atoms with Crippen molar-refractivity contribution in [1.82, 2.24) is 14.5 Å². The fourth-order valence-electron chi connectivity index (χ4n) is 3.20. The van der Waals surface area contributed by atoms with E-state index in [4.69, 9.17) is 0 Å². The first-order chi connectivity index (χ1) is 14.7. The van der Waals surface area contributed by atoms with E-state index in [1.165, 1.54) is 6.20 Å². The summed E-state index contributed by atoms with van der Waals surface area (Å²) < 4.78 is 40.6. The molecule has 0 fully saturated rings. The van der Waals surface area contributed by atoms with Gasteiger partial charge in [-0.15, -0.1) is 0 Å². The Bertz CT molecular complexity index is 1350. The highest BCUT2D eigenvalue weighted by Crippen LogP contribution is 2.27. The third kappa shape index (κ3) is 4.27. The molecule has 3 heterocycles. The number of alkyl halides is 3. The second-order valence-electron chi connectivity index (χ2n) is 6.73. The normalized spacial score (nSPS) is 11.6. The Hall–Kier alpha value is -3.33. The Kier molecular flexibility index (Phi) is 5.45. The number of benzene rings is 1. The Labute approximate surface area is 182 Å². The van der Waals surface area contributed by atoms with Crippen molar-refractivity contribution in [2.45, 2.75) is 12.7 Å². The van der Waals surface area contributed by atoms with E-state index in [2.05, 4.69) is 25.9 Å². The number of hydrogen-bond donors (Lipinski definition) is 0. The van der Waals surface area contributed by atoms with Gasteiger partial charge < -0.3 is 4.57 Å². The molecule has 0 spiro atoms. The molecule has 0 radical (unpaired) electrons. The molecule has 0 atom stereocenters. The number of ketones is 1. The van der Waals surface area contributed by atoms with Gasteiger partial charge in [0.1, 0.15) is 10.3 Å². The topological polar surface area (TPSA) is 64.8 Å². The van der Waals surface area contributed by atoms with Crippen molar-refractivity contribution in [3.63, 3.8) is 0 Å². The van der Waals surface area contributed by atoms with Crippen LogP contribution in [0.4, 0.5) is 13.2 Å². The molecule has 0 bridgehead atoms. The maximum absolute atomic E-state index is 13.0. The van der Waals surface area contributed by atoms with E-state index in [1.807, 2.05) is 6.07 Å². The SMILES string of the molecule is O=C(c1ccc(C(F)(F)F)nc1)c1cn(Cc2cccc(Br)n2)c2ccccc2c1=O. The van der Waals surface area contributed by atoms with Crippen LogP contribution in [0.25, 0.3) is 10.9 Å². The highest BCUT2D eigenvalue weighted by Gasteiger charge is 2.32. The molecule has 0 aliphatic carbocycles. The largest absolute Gasteiger partial charge is 0.433 e. The standard InChI is InChI=1S/C22H13BrF3N3O2/c23-19-7-3-4-14(28-19)11-29-12-16(21(31)15-5-1-2-6-17(15)29)20(30)13-8-9-18(27-10-13)22(24,25)26/h1-10,12H,11H2. The monoisotopic (exact) mass is 487 g/mol. The molecule has 0 amide bonds. The summed E-state index contributed by atoms with van der Waals surface area (Å²) in [6.45, 7) is 0.284. The second kappa shape index (κ2) is 8.07. The van der Waals surface area contributed by atoms with E-state index in [0.717, 1.165) is 18.3 Å². The van der Waals surface area contributed by atoms with Gasteiger partial charge in [-0.25, -0.2) is 4.98 Å². The van der Waals surface area contributed by atoms with Gasteiger partial charge in [-0.2, -0.15) is 13.2 Å². The minimum atomic E-state index is -4.62. The zero-order valence-corrected chi connectivity index (χ0v) is 17.3. The summed E-state index contributed by atoms with van der Waals surface area (Å²) >= 11 is 3.31. The number of rotatable bonds is 4. The van der Waals surface area contributed by atoms with Crippen LogP contribution in [0.15, 0.2) is 76.4 Å². The van der Waals surface area contributed by atoms with Gasteiger partial charge in [-0.3, -0.25) is 14.6 Å². The fourth-order valence-corrected chi connectivity index (χ4v) is 3.58. The average molecular weight is 488 g/mol. The van der Waals surface area contributed by atoms with E-state index in [0.29, 0.717) is 21.2 Å². The Morgan fingerprint density at radius 2 is 1.81 bits per heavy atom. The number of aromatic nitrogens is 3. The average Bonchev–Trinajstić information content (AvgIpc) is 2.75. The molecule has 0 saturated carbocycles. The first-order valence-electron chi connectivity index (χ1n) is 9.05. The third-order valence-electron chi connectivity index (χ3n) is 4.65. The number of fused-ring (bicyclic) bond motifs is 1. The van der Waals surface area contributed by atoms with Gasteiger partial charge in [0.05, 0.1) is 23.3 Å². The van der Waals surface area contributed by atoms with Gasteiger partial charge in [0, 0.05) is 23.3 Å². The van der Waals surface area contributed by atoms with Crippen molar-refractivity contribution in [2.24, 2.45) is 0 Å². The number of nitrogens with zero attached hydrogens (tertiary/aromatic N) is 3. The molecule has 4 aromatic rings. The van der Waals surface area contributed by atoms with Gasteiger partial charge in [0.15, 0.2) is 5.78 Å². The van der Waals surface area contributed by atoms with Gasteiger partial charge in [-0.05, 0) is 52.3 Å². The molecular formula is C22H13BrF3N3O2. The van der Waals surface area contributed by atoms with Crippen molar-refractivity contribution >= 4 is 32.6 Å². The number of carbonyl (C=O) groups excluding carboxylic acids is 1. The molecule has 0 saturated heterocycles. The number of pyridine rings is 3. The molecule has 5 nitrogen and oxygen atoms in total. The molecule has 3 aromatic heterocycles. The smallest absolute Gasteiger partial charge is 0.340 e. The van der Waals surface area contributed by atoms with Crippen LogP contribution in [0.2, 0.25) is 0 Å². The summed E-state index contributed by atoms with van der Waals surface area (Å²) in [5.74, 6) is -0.701. The van der Waals surface area contributed by atoms with Crippen LogP contribution in [-0.2, 0) is 12.7 Å². The molecule has 31 heavy (non-hydrogen) atoms. The van der Waals surface area contributed by atoms with Crippen LogP contribution < -0.4 is 5.43 Å². The Balaban J connectivity index is 1.81. The van der Waals surface area contributed by atoms with Gasteiger partial charge in [0.25, 0.3) is 0 Å². The first-order valence-corrected chi connectivity index (χ1v) is 9.85. The molecule has 1 aromatic carbocycles. The van der Waals surface area contributed by atoms with Crippen LogP contribution in [-0.4, -0.2) is 20.3 Å². The van der Waals surface area contributed by atoms with E-state index in [-0.39, 0.29) is 17.7 Å². The quantitative estimate of drug-likeness (QED) is 0.304. The number of para-hydroxylation sites is 1. The van der Waals surface area contributed by atoms with Crippen molar-refractivity contribution in [3.8, 4) is 0 Å². The molecule has 9 heteroatoms. The summed E-state index contributed by atoms with van der Waals surface area (Å²) in [5, 5.41) is 0.322. The number of carbonyl (C=O) groups is 1. The summed E-state index contributed by atoms with van der Waals surface area (Å²) in [7, 11) is 0. The third-order valence-corrected chi connectivity index (χ3v) is 5.10. The number of halogens is 4. The van der Waals surface area contributed by atoms with Crippen molar-refractivity contribution in [1.29, 1.82) is 0 Å². The van der Waals surface area contributed by atoms with Crippen LogP contribution in [0.5, 0.6) is 0 Å². The number of hydrogen-bond acceptors (Lipinski definition) is 4. The second-order valence-corrected chi connectivity index (χ2v) is 7.54. The van der Waals surface area contributed by atoms with Crippen LogP contribution in [0.1, 0.15) is 27.3 Å². The van der Waals surface area contributed by atoms with Crippen molar-refractivity contribution < 1.29 is 18.0 Å². The van der Waals surface area contributed by atoms with Crippen LogP contribution >= 0.6 is 15.9 Å². The molecule has 0 unspecified atom stereocenters. The van der Waals surface area contributed by atoms with Crippen molar-refractivity contribution in [3.05, 3.63) is 104 Å². The lowest BCUT2D eigenvalue weighted by Gasteiger charge is -2.13. The zero-order chi connectivity index (χ0) is 22.2. The Morgan fingerprint density at radius 3 is 2.48 bits per heavy atom. The van der Waals surface area contributed by atoms with Crippen LogP contribution in [0, 0.1) is 0 Å². The highest BCUT2D eigenvalue weighted by atomic mass is 79.9. The lowest BCUT2D eigenvalue weighted by Crippen LogP contribution is -2.20. The maximum atomic E-state index is 13.0. The highest BCUT2D eigenvalue weighted by molar-refractivity contribution is 9.10. The summed E-state index contributed by atoms with van der Waals surface area (Å²) in [5.41, 5.74) is -0.573. The lowest BCUT2D eigenvalue weighted by atomic mass is 10.0. The molecule has 0 aliphatic heterocycles. The molecule has 156 valence electrons. The maximum Gasteiger partial charge on any atom is 0.433 e.